The summed E-state index contributed by atoms with van der Waals surface area (Å²) in [6.45, 7) is 16.0. The summed E-state index contributed by atoms with van der Waals surface area (Å²) in [6, 6.07) is 0. The smallest absolute Gasteiger partial charge is 0.243 e. The van der Waals surface area contributed by atoms with E-state index in [9.17, 15) is 8.42 Å². The van der Waals surface area contributed by atoms with E-state index in [1.165, 1.54) is 5.56 Å². The Bertz CT molecular complexity index is 658. The van der Waals surface area contributed by atoms with Crippen molar-refractivity contribution in [3.63, 3.8) is 0 Å². The summed E-state index contributed by atoms with van der Waals surface area (Å²) < 4.78 is 28.1. The van der Waals surface area contributed by atoms with Crippen molar-refractivity contribution in [3.8, 4) is 0 Å². The highest BCUT2D eigenvalue weighted by atomic mass is 32.2. The Hall–Kier alpha value is -0.910. The first-order valence-electron chi connectivity index (χ1n) is 8.51. The van der Waals surface area contributed by atoms with Crippen molar-refractivity contribution in [2.24, 2.45) is 0 Å². The molecule has 0 radical (unpaired) electrons. The van der Waals surface area contributed by atoms with Crippen LogP contribution < -0.4 is 0 Å². The minimum absolute atomic E-state index is 0.530. The molecule has 1 fully saturated rings. The molecular weight excluding hydrogens is 308 g/mol. The van der Waals surface area contributed by atoms with Crippen LogP contribution in [0.3, 0.4) is 0 Å². The SMILES string of the molecule is CCCN1CCN(S(=O)(=O)c2c(C)c(C)c(C)c(C)c2C)CC1. The van der Waals surface area contributed by atoms with Gasteiger partial charge in [0, 0.05) is 26.2 Å². The molecule has 0 aliphatic carbocycles. The van der Waals surface area contributed by atoms with Crippen molar-refractivity contribution < 1.29 is 8.42 Å². The molecule has 0 spiro atoms. The predicted octanol–water partition coefficient (Wildman–Crippen LogP) is 2.95. The number of rotatable bonds is 4. The topological polar surface area (TPSA) is 40.6 Å². The van der Waals surface area contributed by atoms with Crippen LogP contribution in [0.1, 0.15) is 41.2 Å². The van der Waals surface area contributed by atoms with Gasteiger partial charge in [-0.05, 0) is 75.4 Å². The van der Waals surface area contributed by atoms with Crippen molar-refractivity contribution in [2.45, 2.75) is 52.9 Å². The van der Waals surface area contributed by atoms with Gasteiger partial charge >= 0.3 is 0 Å². The molecule has 0 saturated carbocycles. The molecule has 1 aromatic carbocycles. The van der Waals surface area contributed by atoms with Crippen LogP contribution in [-0.2, 0) is 10.0 Å². The molecule has 0 amide bonds. The van der Waals surface area contributed by atoms with Gasteiger partial charge < -0.3 is 4.90 Å². The molecule has 1 aromatic rings. The second-order valence-corrected chi connectivity index (χ2v) is 8.57. The lowest BCUT2D eigenvalue weighted by atomic mass is 9.95. The van der Waals surface area contributed by atoms with Crippen molar-refractivity contribution in [1.82, 2.24) is 9.21 Å². The maximum absolute atomic E-state index is 13.2. The zero-order valence-corrected chi connectivity index (χ0v) is 16.2. The second kappa shape index (κ2) is 6.91. The lowest BCUT2D eigenvalue weighted by Crippen LogP contribution is -2.48. The molecule has 0 N–H and O–H groups in total. The first-order chi connectivity index (χ1) is 10.7. The zero-order chi connectivity index (χ0) is 17.4. The van der Waals surface area contributed by atoms with Crippen LogP contribution in [0.5, 0.6) is 0 Å². The van der Waals surface area contributed by atoms with Crippen molar-refractivity contribution >= 4 is 10.0 Å². The van der Waals surface area contributed by atoms with E-state index < -0.39 is 10.0 Å². The number of nitrogens with zero attached hydrogens (tertiary/aromatic N) is 2. The molecule has 2 rings (SSSR count). The first kappa shape index (κ1) is 18.4. The molecule has 0 atom stereocenters. The molecule has 1 heterocycles. The summed E-state index contributed by atoms with van der Waals surface area (Å²) in [7, 11) is -3.42. The Morgan fingerprint density at radius 2 is 1.22 bits per heavy atom. The largest absolute Gasteiger partial charge is 0.301 e. The highest BCUT2D eigenvalue weighted by molar-refractivity contribution is 7.89. The standard InChI is InChI=1S/C18H30N2O2S/c1-7-8-19-9-11-20(12-10-19)23(21,22)18-16(5)14(3)13(2)15(4)17(18)6/h7-12H2,1-6H3. The number of hydrogen-bond acceptors (Lipinski definition) is 3. The second-order valence-electron chi connectivity index (χ2n) is 6.70. The summed E-state index contributed by atoms with van der Waals surface area (Å²) in [5, 5.41) is 0. The molecule has 130 valence electrons. The van der Waals surface area contributed by atoms with Gasteiger partial charge in [-0.15, -0.1) is 0 Å². The van der Waals surface area contributed by atoms with E-state index in [1.807, 2.05) is 27.7 Å². The summed E-state index contributed by atoms with van der Waals surface area (Å²) in [5.74, 6) is 0. The Kier molecular flexibility index (Phi) is 5.54. The highest BCUT2D eigenvalue weighted by Crippen LogP contribution is 2.31. The number of piperazine rings is 1. The number of hydrogen-bond donors (Lipinski definition) is 0. The molecule has 0 bridgehead atoms. The normalized spacial score (nSPS) is 17.7. The molecule has 0 aromatic heterocycles. The van der Waals surface area contributed by atoms with Crippen molar-refractivity contribution in [1.29, 1.82) is 0 Å². The molecule has 1 saturated heterocycles. The van der Waals surface area contributed by atoms with Crippen LogP contribution in [0.2, 0.25) is 0 Å². The Morgan fingerprint density at radius 3 is 1.65 bits per heavy atom. The summed E-state index contributed by atoms with van der Waals surface area (Å²) in [4.78, 5) is 2.87. The number of benzene rings is 1. The maximum atomic E-state index is 13.2. The minimum Gasteiger partial charge on any atom is -0.301 e. The quantitative estimate of drug-likeness (QED) is 0.847. The maximum Gasteiger partial charge on any atom is 0.243 e. The highest BCUT2D eigenvalue weighted by Gasteiger charge is 2.32. The summed E-state index contributed by atoms with van der Waals surface area (Å²) in [6.07, 6.45) is 1.11. The van der Waals surface area contributed by atoms with Gasteiger partial charge in [0.05, 0.1) is 4.90 Å². The van der Waals surface area contributed by atoms with Crippen LogP contribution in [0.4, 0.5) is 0 Å². The van der Waals surface area contributed by atoms with Gasteiger partial charge in [-0.2, -0.15) is 4.31 Å². The average molecular weight is 339 g/mol. The fraction of sp³-hybridized carbons (Fsp3) is 0.667. The van der Waals surface area contributed by atoms with Crippen molar-refractivity contribution in [3.05, 3.63) is 27.8 Å². The van der Waals surface area contributed by atoms with E-state index in [1.54, 1.807) is 4.31 Å². The van der Waals surface area contributed by atoms with Gasteiger partial charge in [0.2, 0.25) is 10.0 Å². The lowest BCUT2D eigenvalue weighted by molar-refractivity contribution is 0.188. The fourth-order valence-electron chi connectivity index (χ4n) is 3.49. The lowest BCUT2D eigenvalue weighted by Gasteiger charge is -2.34. The van der Waals surface area contributed by atoms with Gasteiger partial charge in [0.1, 0.15) is 0 Å². The van der Waals surface area contributed by atoms with Crippen LogP contribution in [0.25, 0.3) is 0 Å². The summed E-state index contributed by atoms with van der Waals surface area (Å²) in [5.41, 5.74) is 5.20. The van der Waals surface area contributed by atoms with Crippen molar-refractivity contribution in [2.75, 3.05) is 32.7 Å². The van der Waals surface area contributed by atoms with Gasteiger partial charge in [-0.3, -0.25) is 0 Å². The molecule has 1 aliphatic heterocycles. The van der Waals surface area contributed by atoms with Gasteiger partial charge in [0.15, 0.2) is 0 Å². The molecular formula is C18H30N2O2S. The van der Waals surface area contributed by atoms with E-state index in [4.69, 9.17) is 0 Å². The Labute approximate surface area is 141 Å². The van der Waals surface area contributed by atoms with E-state index in [2.05, 4.69) is 18.7 Å². The third-order valence-electron chi connectivity index (χ3n) is 5.40. The molecule has 1 aliphatic rings. The molecule has 4 nitrogen and oxygen atoms in total. The molecule has 0 unspecified atom stereocenters. The predicted molar refractivity (Wildman–Crippen MR) is 95.6 cm³/mol. The molecule has 23 heavy (non-hydrogen) atoms. The monoisotopic (exact) mass is 338 g/mol. The Morgan fingerprint density at radius 1 is 0.783 bits per heavy atom. The Balaban J connectivity index is 2.39. The van der Waals surface area contributed by atoms with E-state index in [0.29, 0.717) is 18.0 Å². The van der Waals surface area contributed by atoms with E-state index in [-0.39, 0.29) is 0 Å². The van der Waals surface area contributed by atoms with Crippen LogP contribution >= 0.6 is 0 Å². The van der Waals surface area contributed by atoms with Crippen LogP contribution in [-0.4, -0.2) is 50.3 Å². The third-order valence-corrected chi connectivity index (χ3v) is 7.57. The van der Waals surface area contributed by atoms with E-state index in [0.717, 1.165) is 48.3 Å². The first-order valence-corrected chi connectivity index (χ1v) is 9.95. The van der Waals surface area contributed by atoms with Gasteiger partial charge in [-0.25, -0.2) is 8.42 Å². The molecule has 5 heteroatoms. The van der Waals surface area contributed by atoms with E-state index >= 15 is 0 Å². The van der Waals surface area contributed by atoms with Gasteiger partial charge in [-0.1, -0.05) is 6.92 Å². The van der Waals surface area contributed by atoms with Gasteiger partial charge in [0.25, 0.3) is 0 Å². The third kappa shape index (κ3) is 3.32. The van der Waals surface area contributed by atoms with Crippen LogP contribution in [0, 0.1) is 34.6 Å². The van der Waals surface area contributed by atoms with Crippen LogP contribution in [0.15, 0.2) is 4.90 Å². The minimum atomic E-state index is -3.42. The number of sulfonamides is 1. The average Bonchev–Trinajstić information content (AvgIpc) is 2.52. The zero-order valence-electron chi connectivity index (χ0n) is 15.4. The summed E-state index contributed by atoms with van der Waals surface area (Å²) >= 11 is 0. The fourth-order valence-corrected chi connectivity index (χ4v) is 5.47.